The second-order valence-corrected chi connectivity index (χ2v) is 13.2. The summed E-state index contributed by atoms with van der Waals surface area (Å²) >= 11 is 0. The maximum atomic E-state index is 14.4. The number of rotatable bonds is 4. The number of alkyl carbamates (subject to hydrolysis) is 1. The third-order valence-corrected chi connectivity index (χ3v) is 10.2. The van der Waals surface area contributed by atoms with E-state index in [0.29, 0.717) is 35.9 Å². The van der Waals surface area contributed by atoms with Gasteiger partial charge in [0.2, 0.25) is 11.8 Å². The predicted molar refractivity (Wildman–Crippen MR) is 165 cm³/mol. The number of nitrogens with zero attached hydrogens (tertiary/aromatic N) is 3. The van der Waals surface area contributed by atoms with Crippen molar-refractivity contribution in [2.45, 2.75) is 115 Å². The highest BCUT2D eigenvalue weighted by atomic mass is 16.6. The molecule has 6 rings (SSSR count). The first-order valence-electron chi connectivity index (χ1n) is 16.7. The second-order valence-electron chi connectivity index (χ2n) is 13.2. The summed E-state index contributed by atoms with van der Waals surface area (Å²) in [6.45, 7) is 3.81. The number of carbonyl (C=O) groups is 3. The van der Waals surface area contributed by atoms with Gasteiger partial charge in [0.25, 0.3) is 0 Å². The molecule has 2 aromatic rings. The van der Waals surface area contributed by atoms with Crippen LogP contribution in [0.4, 0.5) is 4.79 Å². The number of hydrogen-bond donors (Lipinski definition) is 1. The Balaban J connectivity index is 1.36. The summed E-state index contributed by atoms with van der Waals surface area (Å²) < 4.78 is 17.9. The van der Waals surface area contributed by atoms with Gasteiger partial charge in [-0.2, -0.15) is 0 Å². The quantitative estimate of drug-likeness (QED) is 0.492. The third kappa shape index (κ3) is 6.49. The Morgan fingerprint density at radius 2 is 1.73 bits per heavy atom. The molecule has 0 unspecified atom stereocenters. The second kappa shape index (κ2) is 13.3. The van der Waals surface area contributed by atoms with Crippen LogP contribution in [0.5, 0.6) is 11.6 Å². The number of nitrogens with one attached hydrogen (secondary N) is 1. The summed E-state index contributed by atoms with van der Waals surface area (Å²) in [5.41, 5.74) is 2.24. The fourth-order valence-corrected chi connectivity index (χ4v) is 7.69. The summed E-state index contributed by atoms with van der Waals surface area (Å²) in [4.78, 5) is 52.3. The van der Waals surface area contributed by atoms with Gasteiger partial charge in [0.1, 0.15) is 29.7 Å². The molecule has 3 heterocycles. The Morgan fingerprint density at radius 3 is 2.45 bits per heavy atom. The van der Waals surface area contributed by atoms with Crippen molar-refractivity contribution in [1.82, 2.24) is 20.2 Å². The molecule has 44 heavy (non-hydrogen) atoms. The average molecular weight is 607 g/mol. The van der Waals surface area contributed by atoms with Crippen molar-refractivity contribution in [2.24, 2.45) is 17.8 Å². The van der Waals surface area contributed by atoms with Gasteiger partial charge < -0.3 is 24.4 Å². The standard InChI is InChI=1S/C34H46N4O6/c1-4-24-29-19-38(31(24)20(2)39)33(40)30(21-11-7-5-8-12-21)37-34(41)44-28-17-22(28)13-9-6-10-14-26-32(43-29)36-27-18-23(42-3)15-16-25(27)35-26/h15-16,18,21-22,24,28-31H,4-14,17,19H2,1-3H3,(H,37,41)/t22-,24-,28-,29+,30+,31-/m1/s1. The SMILES string of the molecule is CC[C@@H]1[C@@H]2CN(C(=O)[C@H](C3CCCCC3)NC(=O)O[C@@H]3C[C@H]3CCCCCc3nc4ccc(OC)cc4nc3O2)[C@@H]1C(C)=O. The Labute approximate surface area is 259 Å². The van der Waals surface area contributed by atoms with E-state index in [1.165, 1.54) is 0 Å². The van der Waals surface area contributed by atoms with Crippen LogP contribution in [0, 0.1) is 17.8 Å². The number of fused-ring (bicyclic) bond motifs is 5. The number of methoxy groups -OCH3 is 1. The molecule has 0 spiro atoms. The molecular formula is C34H46N4O6. The van der Waals surface area contributed by atoms with Gasteiger partial charge in [-0.1, -0.05) is 39.0 Å². The van der Waals surface area contributed by atoms with Crippen LogP contribution < -0.4 is 14.8 Å². The van der Waals surface area contributed by atoms with Gasteiger partial charge in [0, 0.05) is 12.0 Å². The fourth-order valence-electron chi connectivity index (χ4n) is 7.69. The van der Waals surface area contributed by atoms with Gasteiger partial charge in [0.15, 0.2) is 5.78 Å². The molecule has 0 radical (unpaired) electrons. The maximum absolute atomic E-state index is 14.4. The Morgan fingerprint density at radius 1 is 0.977 bits per heavy atom. The van der Waals surface area contributed by atoms with Crippen LogP contribution in [0.3, 0.4) is 0 Å². The highest BCUT2D eigenvalue weighted by molar-refractivity contribution is 5.92. The first-order valence-corrected chi connectivity index (χ1v) is 16.7. The van der Waals surface area contributed by atoms with E-state index >= 15 is 0 Å². The zero-order valence-electron chi connectivity index (χ0n) is 26.3. The molecule has 2 amide bonds. The first kappa shape index (κ1) is 30.6. The van der Waals surface area contributed by atoms with Gasteiger partial charge in [-0.3, -0.25) is 9.59 Å². The van der Waals surface area contributed by atoms with Crippen LogP contribution in [0.2, 0.25) is 0 Å². The van der Waals surface area contributed by atoms with Crippen molar-refractivity contribution in [2.75, 3.05) is 13.7 Å². The van der Waals surface area contributed by atoms with Gasteiger partial charge in [-0.25, -0.2) is 14.8 Å². The monoisotopic (exact) mass is 606 g/mol. The number of amides is 2. The summed E-state index contributed by atoms with van der Waals surface area (Å²) in [6.07, 6.45) is 10.0. The molecule has 10 nitrogen and oxygen atoms in total. The van der Waals surface area contributed by atoms with E-state index in [1.54, 1.807) is 18.9 Å². The van der Waals surface area contributed by atoms with Crippen LogP contribution in [-0.4, -0.2) is 70.6 Å². The smallest absolute Gasteiger partial charge is 0.408 e. The summed E-state index contributed by atoms with van der Waals surface area (Å²) in [5, 5.41) is 2.98. The number of carbonyl (C=O) groups excluding carboxylic acids is 3. The Hall–Kier alpha value is -3.43. The lowest BCUT2D eigenvalue weighted by Crippen LogP contribution is -2.55. The molecule has 1 aromatic heterocycles. The predicted octanol–water partition coefficient (Wildman–Crippen LogP) is 5.39. The number of benzene rings is 1. The summed E-state index contributed by atoms with van der Waals surface area (Å²) in [7, 11) is 1.62. The first-order chi connectivity index (χ1) is 21.4. The van der Waals surface area contributed by atoms with E-state index in [0.717, 1.165) is 75.4 Å². The number of ketones is 1. The minimum atomic E-state index is -0.736. The molecule has 6 atom stereocenters. The molecule has 4 aliphatic rings. The summed E-state index contributed by atoms with van der Waals surface area (Å²) in [5.74, 6) is 0.990. The van der Waals surface area contributed by atoms with Gasteiger partial charge >= 0.3 is 6.09 Å². The largest absolute Gasteiger partial charge is 0.497 e. The van der Waals surface area contributed by atoms with Crippen LogP contribution in [0.1, 0.15) is 90.2 Å². The van der Waals surface area contributed by atoms with Gasteiger partial charge in [0.05, 0.1) is 30.7 Å². The van der Waals surface area contributed by atoms with E-state index in [2.05, 4.69) is 5.32 Å². The average Bonchev–Trinajstić information content (AvgIpc) is 3.65. The van der Waals surface area contributed by atoms with Crippen molar-refractivity contribution in [3.8, 4) is 11.6 Å². The van der Waals surface area contributed by atoms with Crippen LogP contribution in [0.25, 0.3) is 11.0 Å². The van der Waals surface area contributed by atoms with E-state index < -0.39 is 24.3 Å². The molecule has 238 valence electrons. The number of Topliss-reactive ketones (excluding diaryl/α,β-unsaturated/α-hetero) is 1. The van der Waals surface area contributed by atoms with Gasteiger partial charge in [-0.05, 0) is 75.8 Å². The molecule has 2 saturated carbocycles. The minimum Gasteiger partial charge on any atom is -0.497 e. The zero-order valence-corrected chi connectivity index (χ0v) is 26.3. The van der Waals surface area contributed by atoms with Crippen LogP contribution in [0.15, 0.2) is 18.2 Å². The lowest BCUT2D eigenvalue weighted by molar-refractivity contribution is -0.140. The maximum Gasteiger partial charge on any atom is 0.408 e. The topological polar surface area (TPSA) is 120 Å². The van der Waals surface area contributed by atoms with Gasteiger partial charge in [-0.15, -0.1) is 0 Å². The highest BCUT2D eigenvalue weighted by Crippen LogP contribution is 2.39. The lowest BCUT2D eigenvalue weighted by atomic mass is 9.83. The number of hydrogen-bond acceptors (Lipinski definition) is 8. The van der Waals surface area contributed by atoms with Crippen LogP contribution in [-0.2, 0) is 20.7 Å². The highest BCUT2D eigenvalue weighted by Gasteiger charge is 2.50. The van der Waals surface area contributed by atoms with Crippen molar-refractivity contribution >= 4 is 28.8 Å². The molecule has 1 aromatic carbocycles. The molecule has 2 aliphatic carbocycles. The molecular weight excluding hydrogens is 560 g/mol. The van der Waals surface area contributed by atoms with E-state index in [4.69, 9.17) is 24.2 Å². The molecule has 1 N–H and O–H groups in total. The lowest BCUT2D eigenvalue weighted by Gasteiger charge is -2.34. The Bertz CT molecular complexity index is 1380. The van der Waals surface area contributed by atoms with E-state index in [1.807, 2.05) is 25.1 Å². The van der Waals surface area contributed by atoms with Crippen LogP contribution >= 0.6 is 0 Å². The van der Waals surface area contributed by atoms with Crippen molar-refractivity contribution in [3.05, 3.63) is 23.9 Å². The third-order valence-electron chi connectivity index (χ3n) is 10.2. The fraction of sp³-hybridized carbons (Fsp3) is 0.676. The molecule has 10 heteroatoms. The summed E-state index contributed by atoms with van der Waals surface area (Å²) in [6, 6.07) is 4.26. The Kier molecular flexibility index (Phi) is 9.23. The number of aromatic nitrogens is 2. The minimum absolute atomic E-state index is 0.00462. The van der Waals surface area contributed by atoms with Crippen molar-refractivity contribution in [1.29, 1.82) is 0 Å². The number of aryl methyl sites for hydroxylation is 1. The molecule has 3 fully saturated rings. The molecule has 2 aliphatic heterocycles. The molecule has 2 bridgehead atoms. The zero-order chi connectivity index (χ0) is 30.8. The van der Waals surface area contributed by atoms with E-state index in [9.17, 15) is 14.4 Å². The van der Waals surface area contributed by atoms with E-state index in [-0.39, 0.29) is 36.2 Å². The van der Waals surface area contributed by atoms with Crippen molar-refractivity contribution < 1.29 is 28.6 Å². The number of ether oxygens (including phenoxy) is 3. The van der Waals surface area contributed by atoms with Crippen molar-refractivity contribution in [3.63, 3.8) is 0 Å². The normalized spacial score (nSPS) is 30.2. The molecule has 1 saturated heterocycles.